The van der Waals surface area contributed by atoms with Crippen LogP contribution in [0.5, 0.6) is 0 Å². The molecule has 0 aliphatic rings. The monoisotopic (exact) mass is 514 g/mol. The standard InChI is InChI=1S/C31H24B5ClN2/c32-27-26(28(33)30(35)31(36)29(27)34)19-7-11-22-23-14-20(37)8-12-24(23)39(25(22)13-19)21-9-5-18(6-10-21)17-3-1-16(15-38)2-4-17/h1-14H,32-36H2. The minimum absolute atomic E-state index is 0.666. The lowest BCUT2D eigenvalue weighted by Crippen LogP contribution is -2.55. The highest BCUT2D eigenvalue weighted by Crippen LogP contribution is 2.36. The Labute approximate surface area is 238 Å². The van der Waals surface area contributed by atoms with Gasteiger partial charge in [-0.05, 0) is 70.8 Å². The van der Waals surface area contributed by atoms with Crippen LogP contribution in [0.1, 0.15) is 5.56 Å². The van der Waals surface area contributed by atoms with Gasteiger partial charge in [0.2, 0.25) is 0 Å². The smallest absolute Gasteiger partial charge is 0.139 e. The van der Waals surface area contributed by atoms with E-state index in [-0.39, 0.29) is 0 Å². The Morgan fingerprint density at radius 2 is 1.13 bits per heavy atom. The van der Waals surface area contributed by atoms with Gasteiger partial charge in [0.15, 0.2) is 0 Å². The maximum Gasteiger partial charge on any atom is 0.139 e. The first kappa shape index (κ1) is 25.3. The number of halogens is 1. The van der Waals surface area contributed by atoms with Gasteiger partial charge in [0.1, 0.15) is 39.2 Å². The Hall–Kier alpha value is -4.00. The SMILES string of the molecule is Bc1c(B)c(B)c(-c2ccc3c4cc(Cl)ccc4n(-c4ccc(-c5ccc(C#N)cc5)cc4)c3c2)c(B)c1B. The second-order valence-electron chi connectivity index (χ2n) is 10.5. The van der Waals surface area contributed by atoms with Gasteiger partial charge in [-0.25, -0.2) is 0 Å². The maximum absolute atomic E-state index is 9.13. The van der Waals surface area contributed by atoms with Crippen molar-refractivity contribution in [3.8, 4) is 34.0 Å². The average molecular weight is 514 g/mol. The van der Waals surface area contributed by atoms with Gasteiger partial charge in [0, 0.05) is 21.5 Å². The fourth-order valence-corrected chi connectivity index (χ4v) is 6.07. The van der Waals surface area contributed by atoms with Crippen molar-refractivity contribution >= 4 is 100.0 Å². The number of hydrogen-bond acceptors (Lipinski definition) is 1. The largest absolute Gasteiger partial charge is 0.309 e. The lowest BCUT2D eigenvalue weighted by Gasteiger charge is -2.20. The van der Waals surface area contributed by atoms with E-state index >= 15 is 0 Å². The van der Waals surface area contributed by atoms with Gasteiger partial charge >= 0.3 is 0 Å². The molecule has 0 aliphatic heterocycles. The molecule has 39 heavy (non-hydrogen) atoms. The Morgan fingerprint density at radius 1 is 0.564 bits per heavy atom. The first-order valence-electron chi connectivity index (χ1n) is 13.2. The lowest BCUT2D eigenvalue weighted by atomic mass is 9.59. The highest BCUT2D eigenvalue weighted by molar-refractivity contribution is 6.68. The van der Waals surface area contributed by atoms with Crippen LogP contribution in [0.2, 0.25) is 5.02 Å². The van der Waals surface area contributed by atoms with E-state index in [1.807, 2.05) is 30.3 Å². The summed E-state index contributed by atoms with van der Waals surface area (Å²) in [5.74, 6) is 0. The second-order valence-corrected chi connectivity index (χ2v) is 10.9. The van der Waals surface area contributed by atoms with Crippen molar-refractivity contribution in [1.29, 1.82) is 5.26 Å². The van der Waals surface area contributed by atoms with Crippen molar-refractivity contribution < 1.29 is 0 Å². The van der Waals surface area contributed by atoms with E-state index in [4.69, 9.17) is 16.9 Å². The molecule has 1 aromatic heterocycles. The van der Waals surface area contributed by atoms with Crippen molar-refractivity contribution in [3.05, 3.63) is 95.5 Å². The van der Waals surface area contributed by atoms with Crippen LogP contribution in [0, 0.1) is 11.3 Å². The molecule has 0 radical (unpaired) electrons. The number of nitrogens with zero attached hydrogens (tertiary/aromatic N) is 2. The van der Waals surface area contributed by atoms with E-state index in [1.165, 1.54) is 43.8 Å². The van der Waals surface area contributed by atoms with Gasteiger partial charge in [-0.1, -0.05) is 58.9 Å². The molecule has 2 nitrogen and oxygen atoms in total. The zero-order valence-electron chi connectivity index (χ0n) is 22.9. The van der Waals surface area contributed by atoms with Gasteiger partial charge in [-0.3, -0.25) is 0 Å². The van der Waals surface area contributed by atoms with Crippen LogP contribution in [-0.4, -0.2) is 43.8 Å². The summed E-state index contributed by atoms with van der Waals surface area (Å²) < 4.78 is 2.34. The summed E-state index contributed by atoms with van der Waals surface area (Å²) in [5, 5.41) is 12.2. The van der Waals surface area contributed by atoms with Crippen LogP contribution >= 0.6 is 11.6 Å². The highest BCUT2D eigenvalue weighted by Gasteiger charge is 2.17. The Bertz CT molecular complexity index is 1940. The van der Waals surface area contributed by atoms with Crippen molar-refractivity contribution in [2.24, 2.45) is 0 Å². The molecule has 5 aromatic carbocycles. The van der Waals surface area contributed by atoms with E-state index in [9.17, 15) is 0 Å². The van der Waals surface area contributed by atoms with Crippen molar-refractivity contribution in [2.45, 2.75) is 0 Å². The van der Waals surface area contributed by atoms with Crippen molar-refractivity contribution in [2.75, 3.05) is 0 Å². The predicted octanol–water partition coefficient (Wildman–Crippen LogP) is -0.0652. The molecule has 0 aliphatic carbocycles. The van der Waals surface area contributed by atoms with E-state index in [2.05, 4.69) is 104 Å². The zero-order valence-corrected chi connectivity index (χ0v) is 23.6. The first-order valence-corrected chi connectivity index (χ1v) is 13.6. The average Bonchev–Trinajstić information content (AvgIpc) is 3.28. The quantitative estimate of drug-likeness (QED) is 0.305. The lowest BCUT2D eigenvalue weighted by molar-refractivity contribution is 1.18. The predicted molar refractivity (Wildman–Crippen MR) is 182 cm³/mol. The summed E-state index contributed by atoms with van der Waals surface area (Å²) >= 11 is 6.47. The zero-order chi connectivity index (χ0) is 27.4. The normalized spacial score (nSPS) is 11.2. The molecular formula is C31H24B5ClN2. The summed E-state index contributed by atoms with van der Waals surface area (Å²) in [6.45, 7) is 0. The third-order valence-electron chi connectivity index (χ3n) is 8.49. The van der Waals surface area contributed by atoms with E-state index < -0.39 is 0 Å². The van der Waals surface area contributed by atoms with Gasteiger partial charge in [-0.2, -0.15) is 5.26 Å². The van der Waals surface area contributed by atoms with E-state index in [1.54, 1.807) is 0 Å². The molecule has 0 bridgehead atoms. The molecule has 6 aromatic rings. The highest BCUT2D eigenvalue weighted by atomic mass is 35.5. The van der Waals surface area contributed by atoms with Crippen molar-refractivity contribution in [3.63, 3.8) is 0 Å². The van der Waals surface area contributed by atoms with Gasteiger partial charge in [0.25, 0.3) is 0 Å². The molecule has 0 unspecified atom stereocenters. The molecule has 0 atom stereocenters. The Kier molecular flexibility index (Phi) is 6.25. The Morgan fingerprint density at radius 3 is 1.74 bits per heavy atom. The number of rotatable bonds is 3. The maximum atomic E-state index is 9.13. The topological polar surface area (TPSA) is 28.7 Å². The first-order chi connectivity index (χ1) is 18.8. The minimum atomic E-state index is 0.666. The third-order valence-corrected chi connectivity index (χ3v) is 8.72. The van der Waals surface area contributed by atoms with Gasteiger partial charge in [-0.15, -0.1) is 16.4 Å². The summed E-state index contributed by atoms with van der Waals surface area (Å²) in [4.78, 5) is 0. The number of nitriles is 1. The van der Waals surface area contributed by atoms with Gasteiger partial charge in [0.05, 0.1) is 22.7 Å². The van der Waals surface area contributed by atoms with Crippen LogP contribution in [0.15, 0.2) is 84.9 Å². The molecule has 0 fully saturated rings. The number of hydrogen-bond donors (Lipinski definition) is 0. The minimum Gasteiger partial charge on any atom is -0.309 e. The van der Waals surface area contributed by atoms with Crippen molar-refractivity contribution in [1.82, 2.24) is 4.57 Å². The second kappa shape index (κ2) is 9.63. The van der Waals surface area contributed by atoms with Crippen LogP contribution in [0.3, 0.4) is 0 Å². The molecule has 1 heterocycles. The van der Waals surface area contributed by atoms with E-state index in [0.29, 0.717) is 5.56 Å². The fraction of sp³-hybridized carbons (Fsp3) is 0. The number of aromatic nitrogens is 1. The third kappa shape index (κ3) is 4.11. The molecule has 0 saturated carbocycles. The van der Waals surface area contributed by atoms with Crippen LogP contribution in [0.25, 0.3) is 49.7 Å². The molecule has 6 rings (SSSR count). The molecule has 0 amide bonds. The van der Waals surface area contributed by atoms with Gasteiger partial charge < -0.3 is 4.57 Å². The molecule has 0 saturated heterocycles. The molecule has 8 heteroatoms. The number of benzene rings is 5. The summed E-state index contributed by atoms with van der Waals surface area (Å²) in [7, 11) is 11.2. The Balaban J connectivity index is 1.57. The van der Waals surface area contributed by atoms with Crippen LogP contribution in [-0.2, 0) is 0 Å². The molecular weight excluding hydrogens is 490 g/mol. The molecule has 180 valence electrons. The van der Waals surface area contributed by atoms with Crippen LogP contribution < -0.4 is 27.3 Å². The van der Waals surface area contributed by atoms with E-state index in [0.717, 1.165) is 38.3 Å². The summed E-state index contributed by atoms with van der Waals surface area (Å²) in [5.41, 5.74) is 15.6. The molecule has 0 N–H and O–H groups in total. The summed E-state index contributed by atoms with van der Waals surface area (Å²) in [6, 6.07) is 31.5. The molecule has 0 spiro atoms. The van der Waals surface area contributed by atoms with Crippen LogP contribution in [0.4, 0.5) is 0 Å². The number of fused-ring (bicyclic) bond motifs is 3. The summed E-state index contributed by atoms with van der Waals surface area (Å²) in [6.07, 6.45) is 0. The fourth-order valence-electron chi connectivity index (χ4n) is 5.90.